The summed E-state index contributed by atoms with van der Waals surface area (Å²) in [5.74, 6) is 1.24. The molecule has 0 radical (unpaired) electrons. The van der Waals surface area contributed by atoms with E-state index in [1.54, 1.807) is 6.20 Å². The van der Waals surface area contributed by atoms with Crippen LogP contribution in [0.4, 0.5) is 21.8 Å². The highest BCUT2D eigenvalue weighted by Gasteiger charge is 2.20. The van der Waals surface area contributed by atoms with E-state index in [9.17, 15) is 4.39 Å². The van der Waals surface area contributed by atoms with E-state index < -0.39 is 0 Å². The molecule has 1 fully saturated rings. The Labute approximate surface area is 164 Å². The zero-order chi connectivity index (χ0) is 19.3. The molecule has 0 aliphatic carbocycles. The average Bonchev–Trinajstić information content (AvgIpc) is 2.75. The van der Waals surface area contributed by atoms with Crippen molar-refractivity contribution in [3.8, 4) is 0 Å². The van der Waals surface area contributed by atoms with Crippen LogP contribution in [0.5, 0.6) is 0 Å². The van der Waals surface area contributed by atoms with E-state index >= 15 is 0 Å². The number of aromatic nitrogens is 3. The van der Waals surface area contributed by atoms with Crippen LogP contribution >= 0.6 is 0 Å². The van der Waals surface area contributed by atoms with Gasteiger partial charge in [-0.05, 0) is 29.8 Å². The SMILES string of the molecule is CN(Cc1ccccc1)c1cnnc(N2CCN(c3ccc(F)cc3)CC2)n1. The Hall–Kier alpha value is -3.22. The predicted molar refractivity (Wildman–Crippen MR) is 109 cm³/mol. The fraction of sp³-hybridized carbons (Fsp3) is 0.286. The van der Waals surface area contributed by atoms with Crippen LogP contribution in [0, 0.1) is 5.82 Å². The highest BCUT2D eigenvalue weighted by Crippen LogP contribution is 2.20. The van der Waals surface area contributed by atoms with Gasteiger partial charge < -0.3 is 14.7 Å². The fourth-order valence-corrected chi connectivity index (χ4v) is 3.36. The maximum Gasteiger partial charge on any atom is 0.247 e. The summed E-state index contributed by atoms with van der Waals surface area (Å²) in [7, 11) is 2.01. The summed E-state index contributed by atoms with van der Waals surface area (Å²) in [5.41, 5.74) is 2.26. The van der Waals surface area contributed by atoms with Gasteiger partial charge in [-0.2, -0.15) is 10.1 Å². The lowest BCUT2D eigenvalue weighted by Gasteiger charge is -2.36. The van der Waals surface area contributed by atoms with Crippen LogP contribution in [-0.4, -0.2) is 48.4 Å². The molecule has 7 heteroatoms. The number of hydrogen-bond acceptors (Lipinski definition) is 6. The van der Waals surface area contributed by atoms with E-state index in [2.05, 4.69) is 37.0 Å². The van der Waals surface area contributed by atoms with E-state index in [-0.39, 0.29) is 5.82 Å². The number of hydrogen-bond donors (Lipinski definition) is 0. The second-order valence-electron chi connectivity index (χ2n) is 6.91. The molecule has 0 amide bonds. The third-order valence-corrected chi connectivity index (χ3v) is 4.94. The summed E-state index contributed by atoms with van der Waals surface area (Å²) in [5, 5.41) is 8.39. The molecule has 2 heterocycles. The molecule has 0 unspecified atom stereocenters. The standard InChI is InChI=1S/C21H23FN6/c1-26(16-17-5-3-2-4-6-17)20-15-23-25-21(24-20)28-13-11-27(12-14-28)19-9-7-18(22)8-10-19/h2-10,15H,11-14,16H2,1H3. The lowest BCUT2D eigenvalue weighted by molar-refractivity contribution is 0.621. The minimum atomic E-state index is -0.210. The first kappa shape index (κ1) is 18.2. The Morgan fingerprint density at radius 2 is 1.61 bits per heavy atom. The first-order valence-electron chi connectivity index (χ1n) is 9.39. The van der Waals surface area contributed by atoms with Gasteiger partial charge in [0.2, 0.25) is 5.95 Å². The van der Waals surface area contributed by atoms with Crippen LogP contribution in [0.15, 0.2) is 60.8 Å². The van der Waals surface area contributed by atoms with Crippen molar-refractivity contribution >= 4 is 17.5 Å². The van der Waals surface area contributed by atoms with Crippen molar-refractivity contribution in [2.45, 2.75) is 6.54 Å². The molecule has 2 aromatic carbocycles. The number of piperazine rings is 1. The van der Waals surface area contributed by atoms with Crippen LogP contribution in [0.3, 0.4) is 0 Å². The normalized spacial score (nSPS) is 14.2. The molecule has 0 bridgehead atoms. The van der Waals surface area contributed by atoms with Gasteiger partial charge in [0.15, 0.2) is 5.82 Å². The summed E-state index contributed by atoms with van der Waals surface area (Å²) >= 11 is 0. The molecule has 1 aliphatic heterocycles. The Bertz CT molecular complexity index is 894. The molecule has 4 rings (SSSR count). The molecule has 0 spiro atoms. The van der Waals surface area contributed by atoms with Gasteiger partial charge in [0.25, 0.3) is 0 Å². The summed E-state index contributed by atoms with van der Waals surface area (Å²) in [6.07, 6.45) is 1.70. The molecule has 144 valence electrons. The van der Waals surface area contributed by atoms with Gasteiger partial charge in [-0.3, -0.25) is 0 Å². The zero-order valence-electron chi connectivity index (χ0n) is 15.9. The van der Waals surface area contributed by atoms with Crippen LogP contribution in [0.2, 0.25) is 0 Å². The van der Waals surface area contributed by atoms with Crippen molar-refractivity contribution in [1.82, 2.24) is 15.2 Å². The van der Waals surface area contributed by atoms with Gasteiger partial charge in [-0.1, -0.05) is 30.3 Å². The number of anilines is 3. The molecule has 3 aromatic rings. The minimum absolute atomic E-state index is 0.210. The van der Waals surface area contributed by atoms with E-state index in [0.717, 1.165) is 44.2 Å². The molecule has 6 nitrogen and oxygen atoms in total. The maximum absolute atomic E-state index is 13.1. The van der Waals surface area contributed by atoms with Crippen molar-refractivity contribution in [3.05, 3.63) is 72.2 Å². The van der Waals surface area contributed by atoms with Gasteiger partial charge in [-0.25, -0.2) is 4.39 Å². The molecule has 1 aliphatic rings. The van der Waals surface area contributed by atoms with Gasteiger partial charge in [0.1, 0.15) is 5.82 Å². The lowest BCUT2D eigenvalue weighted by atomic mass is 10.2. The minimum Gasteiger partial charge on any atom is -0.368 e. The van der Waals surface area contributed by atoms with Gasteiger partial charge in [0, 0.05) is 45.5 Å². The molecule has 0 N–H and O–H groups in total. The van der Waals surface area contributed by atoms with E-state index in [1.165, 1.54) is 17.7 Å². The van der Waals surface area contributed by atoms with Crippen molar-refractivity contribution in [3.63, 3.8) is 0 Å². The second-order valence-corrected chi connectivity index (χ2v) is 6.91. The highest BCUT2D eigenvalue weighted by atomic mass is 19.1. The Morgan fingerprint density at radius 3 is 2.32 bits per heavy atom. The monoisotopic (exact) mass is 378 g/mol. The first-order chi connectivity index (χ1) is 13.7. The Morgan fingerprint density at radius 1 is 0.929 bits per heavy atom. The fourth-order valence-electron chi connectivity index (χ4n) is 3.36. The summed E-state index contributed by atoms with van der Waals surface area (Å²) in [6, 6.07) is 16.9. The largest absolute Gasteiger partial charge is 0.368 e. The summed E-state index contributed by atoms with van der Waals surface area (Å²) in [6.45, 7) is 4.02. The molecule has 28 heavy (non-hydrogen) atoms. The average molecular weight is 378 g/mol. The molecule has 0 saturated carbocycles. The number of halogens is 1. The Kier molecular flexibility index (Phi) is 5.32. The van der Waals surface area contributed by atoms with E-state index in [1.807, 2.05) is 37.4 Å². The third kappa shape index (κ3) is 4.19. The molecule has 1 saturated heterocycles. The van der Waals surface area contributed by atoms with Crippen LogP contribution in [-0.2, 0) is 6.54 Å². The predicted octanol–water partition coefficient (Wildman–Crippen LogP) is 2.97. The van der Waals surface area contributed by atoms with Gasteiger partial charge in [-0.15, -0.1) is 5.10 Å². The van der Waals surface area contributed by atoms with Crippen LogP contribution in [0.25, 0.3) is 0 Å². The van der Waals surface area contributed by atoms with E-state index in [4.69, 9.17) is 4.98 Å². The van der Waals surface area contributed by atoms with Crippen LogP contribution < -0.4 is 14.7 Å². The smallest absolute Gasteiger partial charge is 0.247 e. The highest BCUT2D eigenvalue weighted by molar-refractivity contribution is 5.49. The van der Waals surface area contributed by atoms with E-state index in [0.29, 0.717) is 5.95 Å². The third-order valence-electron chi connectivity index (χ3n) is 4.94. The van der Waals surface area contributed by atoms with Crippen LogP contribution in [0.1, 0.15) is 5.56 Å². The van der Waals surface area contributed by atoms with Gasteiger partial charge in [0.05, 0.1) is 6.20 Å². The number of nitrogens with zero attached hydrogens (tertiary/aromatic N) is 6. The Balaban J connectivity index is 1.40. The van der Waals surface area contributed by atoms with Crippen molar-refractivity contribution in [2.24, 2.45) is 0 Å². The summed E-state index contributed by atoms with van der Waals surface area (Å²) < 4.78 is 13.1. The molecule has 1 aromatic heterocycles. The quantitative estimate of drug-likeness (QED) is 0.680. The van der Waals surface area contributed by atoms with Gasteiger partial charge >= 0.3 is 0 Å². The maximum atomic E-state index is 13.1. The van der Waals surface area contributed by atoms with Crippen molar-refractivity contribution in [1.29, 1.82) is 0 Å². The lowest BCUT2D eigenvalue weighted by Crippen LogP contribution is -2.47. The molecular weight excluding hydrogens is 355 g/mol. The number of benzene rings is 2. The number of rotatable bonds is 5. The van der Waals surface area contributed by atoms with Crippen molar-refractivity contribution in [2.75, 3.05) is 47.9 Å². The molecular formula is C21H23FN6. The second kappa shape index (κ2) is 8.21. The zero-order valence-corrected chi connectivity index (χ0v) is 15.9. The van der Waals surface area contributed by atoms with Crippen molar-refractivity contribution < 1.29 is 4.39 Å². The summed E-state index contributed by atoms with van der Waals surface area (Å²) in [4.78, 5) is 11.2. The topological polar surface area (TPSA) is 48.4 Å². The first-order valence-corrected chi connectivity index (χ1v) is 9.39. The molecule has 0 atom stereocenters.